The molecule has 0 aliphatic rings. The summed E-state index contributed by atoms with van der Waals surface area (Å²) in [6.07, 6.45) is 2.58. The van der Waals surface area contributed by atoms with Gasteiger partial charge in [-0.25, -0.2) is 0 Å². The van der Waals surface area contributed by atoms with Gasteiger partial charge in [0.2, 0.25) is 0 Å². The molecule has 1 heterocycles. The minimum Gasteiger partial charge on any atom is -0.308 e. The van der Waals surface area contributed by atoms with Gasteiger partial charge in [0.15, 0.2) is 0 Å². The summed E-state index contributed by atoms with van der Waals surface area (Å²) in [5, 5.41) is 3.38. The number of aromatic nitrogens is 1. The molecule has 0 spiro atoms. The largest absolute Gasteiger partial charge is 0.308 e. The summed E-state index contributed by atoms with van der Waals surface area (Å²) in [5.41, 5.74) is 1.01. The van der Waals surface area contributed by atoms with Gasteiger partial charge in [0.25, 0.3) is 0 Å². The van der Waals surface area contributed by atoms with E-state index in [1.807, 2.05) is 19.2 Å². The highest BCUT2D eigenvalue weighted by molar-refractivity contribution is 9.11. The topological polar surface area (TPSA) is 24.9 Å². The normalized spacial score (nSPS) is 11.8. The van der Waals surface area contributed by atoms with Crippen molar-refractivity contribution < 1.29 is 0 Å². The average Bonchev–Trinajstić information content (AvgIpc) is 2.25. The van der Waals surface area contributed by atoms with Crippen molar-refractivity contribution in [1.29, 1.82) is 0 Å². The number of nitrogens with one attached hydrogen (secondary N) is 1. The smallest absolute Gasteiger partial charge is 0.0725 e. The monoisotopic (exact) mass is 344 g/mol. The van der Waals surface area contributed by atoms with Gasteiger partial charge >= 0.3 is 0 Å². The highest BCUT2D eigenvalue weighted by Gasteiger charge is 2.14. The Balaban J connectivity index is 2.94. The molecule has 0 fully saturated rings. The van der Waals surface area contributed by atoms with Gasteiger partial charge in [0, 0.05) is 21.6 Å². The third-order valence-electron chi connectivity index (χ3n) is 2.10. The van der Waals surface area contributed by atoms with Gasteiger partial charge in [-0.05, 0) is 51.4 Å². The number of pyridine rings is 1. The first kappa shape index (κ1) is 13.7. The lowest BCUT2D eigenvalue weighted by Gasteiger charge is -2.16. The van der Waals surface area contributed by atoms with Crippen LogP contribution in [0.15, 0.2) is 21.2 Å². The van der Waals surface area contributed by atoms with Crippen molar-refractivity contribution in [2.75, 3.05) is 6.54 Å². The summed E-state index contributed by atoms with van der Waals surface area (Å²) in [5.74, 6) is 6.00. The lowest BCUT2D eigenvalue weighted by Crippen LogP contribution is -2.21. The van der Waals surface area contributed by atoms with Gasteiger partial charge in [-0.15, -0.1) is 11.8 Å². The predicted molar refractivity (Wildman–Crippen MR) is 74.1 cm³/mol. The standard InChI is InChI=1S/C12H14Br2N2/c1-3-5-6-11(15-4-2)12-10(14)7-9(13)8-16-12/h7-8,11,15H,4,6H2,1-2H3. The third kappa shape index (κ3) is 3.89. The molecule has 1 aromatic heterocycles. The second kappa shape index (κ2) is 7.05. The molecule has 1 aromatic rings. The highest BCUT2D eigenvalue weighted by atomic mass is 79.9. The van der Waals surface area contributed by atoms with E-state index < -0.39 is 0 Å². The first-order valence-corrected chi connectivity index (χ1v) is 6.71. The van der Waals surface area contributed by atoms with Gasteiger partial charge in [0.05, 0.1) is 11.7 Å². The molecule has 0 amide bonds. The molecule has 0 radical (unpaired) electrons. The number of hydrogen-bond donors (Lipinski definition) is 1. The first-order valence-electron chi connectivity index (χ1n) is 5.13. The molecule has 1 atom stereocenters. The molecule has 1 N–H and O–H groups in total. The maximum Gasteiger partial charge on any atom is 0.0725 e. The van der Waals surface area contributed by atoms with E-state index in [0.717, 1.165) is 27.6 Å². The van der Waals surface area contributed by atoms with Crippen molar-refractivity contribution in [2.45, 2.75) is 26.3 Å². The number of nitrogens with zero attached hydrogens (tertiary/aromatic N) is 1. The van der Waals surface area contributed by atoms with Crippen molar-refractivity contribution in [3.63, 3.8) is 0 Å². The van der Waals surface area contributed by atoms with Gasteiger partial charge in [-0.1, -0.05) is 6.92 Å². The Morgan fingerprint density at radius 3 is 2.81 bits per heavy atom. The van der Waals surface area contributed by atoms with Crippen LogP contribution < -0.4 is 5.32 Å². The van der Waals surface area contributed by atoms with E-state index in [1.165, 1.54) is 0 Å². The van der Waals surface area contributed by atoms with Crippen LogP contribution in [0.4, 0.5) is 0 Å². The molecule has 1 rings (SSSR count). The van der Waals surface area contributed by atoms with Crippen LogP contribution in [0.2, 0.25) is 0 Å². The van der Waals surface area contributed by atoms with E-state index in [-0.39, 0.29) is 6.04 Å². The maximum absolute atomic E-state index is 4.43. The molecule has 0 bridgehead atoms. The highest BCUT2D eigenvalue weighted by Crippen LogP contribution is 2.26. The minimum absolute atomic E-state index is 0.180. The van der Waals surface area contributed by atoms with E-state index in [0.29, 0.717) is 0 Å². The van der Waals surface area contributed by atoms with E-state index >= 15 is 0 Å². The molecule has 1 unspecified atom stereocenters. The number of halogens is 2. The molecule has 0 saturated carbocycles. The molecule has 0 saturated heterocycles. The quantitative estimate of drug-likeness (QED) is 0.842. The molecular formula is C12H14Br2N2. The zero-order chi connectivity index (χ0) is 12.0. The maximum atomic E-state index is 4.43. The van der Waals surface area contributed by atoms with Crippen molar-refractivity contribution in [3.05, 3.63) is 26.9 Å². The fraction of sp³-hybridized carbons (Fsp3) is 0.417. The Morgan fingerprint density at radius 1 is 1.50 bits per heavy atom. The van der Waals surface area contributed by atoms with Crippen molar-refractivity contribution in [3.8, 4) is 11.8 Å². The van der Waals surface area contributed by atoms with E-state index in [4.69, 9.17) is 0 Å². The lowest BCUT2D eigenvalue weighted by molar-refractivity contribution is 0.549. The predicted octanol–water partition coefficient (Wildman–Crippen LogP) is 3.67. The number of hydrogen-bond acceptors (Lipinski definition) is 2. The molecule has 16 heavy (non-hydrogen) atoms. The summed E-state index contributed by atoms with van der Waals surface area (Å²) < 4.78 is 1.98. The molecule has 0 aliphatic heterocycles. The van der Waals surface area contributed by atoms with Gasteiger partial charge in [-0.3, -0.25) is 4.98 Å². The van der Waals surface area contributed by atoms with E-state index in [2.05, 4.69) is 60.9 Å². The van der Waals surface area contributed by atoms with Crippen molar-refractivity contribution in [1.82, 2.24) is 10.3 Å². The fourth-order valence-electron chi connectivity index (χ4n) is 1.40. The van der Waals surface area contributed by atoms with Gasteiger partial charge < -0.3 is 5.32 Å². The molecule has 4 heteroatoms. The van der Waals surface area contributed by atoms with Crippen molar-refractivity contribution >= 4 is 31.9 Å². The van der Waals surface area contributed by atoms with Gasteiger partial charge in [-0.2, -0.15) is 0 Å². The molecular weight excluding hydrogens is 332 g/mol. The summed E-state index contributed by atoms with van der Waals surface area (Å²) in [6, 6.07) is 2.19. The molecule has 0 aromatic carbocycles. The molecule has 0 aliphatic carbocycles. The third-order valence-corrected chi connectivity index (χ3v) is 3.17. The van der Waals surface area contributed by atoms with Crippen LogP contribution in [0.25, 0.3) is 0 Å². The summed E-state index contributed by atoms with van der Waals surface area (Å²) in [7, 11) is 0. The second-order valence-corrected chi connectivity index (χ2v) is 5.03. The Hall–Kier alpha value is -0.370. The van der Waals surface area contributed by atoms with Crippen LogP contribution in [0.1, 0.15) is 32.0 Å². The van der Waals surface area contributed by atoms with Crippen molar-refractivity contribution in [2.24, 2.45) is 0 Å². The second-order valence-electron chi connectivity index (χ2n) is 3.26. The molecule has 86 valence electrons. The zero-order valence-electron chi connectivity index (χ0n) is 9.35. The Labute approximate surface area is 113 Å². The number of rotatable bonds is 4. The first-order chi connectivity index (χ1) is 7.69. The van der Waals surface area contributed by atoms with Crippen LogP contribution in [0.5, 0.6) is 0 Å². The van der Waals surface area contributed by atoms with Crippen LogP contribution >= 0.6 is 31.9 Å². The molecule has 2 nitrogen and oxygen atoms in total. The zero-order valence-corrected chi connectivity index (χ0v) is 12.5. The van der Waals surface area contributed by atoms with Gasteiger partial charge in [0.1, 0.15) is 0 Å². The minimum atomic E-state index is 0.180. The van der Waals surface area contributed by atoms with Crippen LogP contribution in [0, 0.1) is 11.8 Å². The Bertz CT molecular complexity index is 407. The SMILES string of the molecule is CC#CCC(NCC)c1ncc(Br)cc1Br. The Morgan fingerprint density at radius 2 is 2.25 bits per heavy atom. The summed E-state index contributed by atoms with van der Waals surface area (Å²) in [6.45, 7) is 4.84. The summed E-state index contributed by atoms with van der Waals surface area (Å²) >= 11 is 6.93. The van der Waals surface area contributed by atoms with Crippen LogP contribution in [0.3, 0.4) is 0 Å². The van der Waals surface area contributed by atoms with E-state index in [1.54, 1.807) is 0 Å². The van der Waals surface area contributed by atoms with Crippen LogP contribution in [-0.4, -0.2) is 11.5 Å². The van der Waals surface area contributed by atoms with Crippen LogP contribution in [-0.2, 0) is 0 Å². The average molecular weight is 346 g/mol. The summed E-state index contributed by atoms with van der Waals surface area (Å²) in [4.78, 5) is 4.43. The Kier molecular flexibility index (Phi) is 6.04. The van der Waals surface area contributed by atoms with E-state index in [9.17, 15) is 0 Å². The lowest BCUT2D eigenvalue weighted by atomic mass is 10.1. The fourth-order valence-corrected chi connectivity index (χ4v) is 2.66.